The van der Waals surface area contributed by atoms with Crippen LogP contribution in [0.5, 0.6) is 0 Å². The van der Waals surface area contributed by atoms with Crippen LogP contribution >= 0.6 is 0 Å². The first-order valence-electron chi connectivity index (χ1n) is 15.0. The maximum Gasteiger partial charge on any atom is 0.307 e. The zero-order valence-electron chi connectivity index (χ0n) is 26.3. The Labute approximate surface area is 247 Å². The highest BCUT2D eigenvalue weighted by molar-refractivity contribution is 6.01. The van der Waals surface area contributed by atoms with Crippen molar-refractivity contribution >= 4 is 17.7 Å². The van der Waals surface area contributed by atoms with Crippen molar-refractivity contribution in [1.29, 1.82) is 0 Å². The summed E-state index contributed by atoms with van der Waals surface area (Å²) in [5, 5.41) is 0. The van der Waals surface area contributed by atoms with E-state index in [1.165, 1.54) is 24.8 Å². The van der Waals surface area contributed by atoms with Crippen LogP contribution in [0.15, 0.2) is 82.5 Å². The number of allylic oxidation sites excluding steroid dienone is 13. The topological polar surface area (TPSA) is 69.7 Å². The molecule has 0 amide bonds. The van der Waals surface area contributed by atoms with Crippen LogP contribution < -0.4 is 0 Å². The molecular formula is C36H50O5. The SMILES string of the molecule is CC(C)=CC=CC=C(C)C=CC=C(C)C=CC1=C(C)C(=O)C(OC(=O)CCC(=O)OCC2CCCCC2)CC1(C)C. The minimum absolute atomic E-state index is 0.0271. The Bertz CT molecular complexity index is 1140. The summed E-state index contributed by atoms with van der Waals surface area (Å²) in [5.74, 6) is -0.669. The first-order valence-corrected chi connectivity index (χ1v) is 15.0. The zero-order chi connectivity index (χ0) is 30.4. The predicted octanol–water partition coefficient (Wildman–Crippen LogP) is 8.64. The molecule has 0 aromatic carbocycles. The second-order valence-electron chi connectivity index (χ2n) is 12.3. The second-order valence-corrected chi connectivity index (χ2v) is 12.3. The van der Waals surface area contributed by atoms with E-state index < -0.39 is 12.1 Å². The maximum atomic E-state index is 13.1. The Balaban J connectivity index is 1.92. The number of rotatable bonds is 12. The monoisotopic (exact) mass is 562 g/mol. The number of ether oxygens (including phenoxy) is 2. The van der Waals surface area contributed by atoms with Crippen molar-refractivity contribution in [1.82, 2.24) is 0 Å². The highest BCUT2D eigenvalue weighted by Gasteiger charge is 2.39. The maximum absolute atomic E-state index is 13.1. The average Bonchev–Trinajstić information content (AvgIpc) is 2.91. The second kappa shape index (κ2) is 16.9. The fraction of sp³-hybridized carbons (Fsp3) is 0.528. The molecule has 0 aromatic heterocycles. The number of hydrogen-bond acceptors (Lipinski definition) is 5. The minimum atomic E-state index is -0.840. The molecule has 0 aliphatic heterocycles. The number of carbonyl (C=O) groups excluding carboxylic acids is 3. The van der Waals surface area contributed by atoms with Crippen molar-refractivity contribution in [3.05, 3.63) is 82.5 Å². The van der Waals surface area contributed by atoms with E-state index in [1.54, 1.807) is 6.92 Å². The molecule has 0 N–H and O–H groups in total. The number of esters is 2. The highest BCUT2D eigenvalue weighted by atomic mass is 16.5. The van der Waals surface area contributed by atoms with Crippen LogP contribution in [-0.4, -0.2) is 30.4 Å². The Morgan fingerprint density at radius 3 is 2.15 bits per heavy atom. The molecule has 1 unspecified atom stereocenters. The van der Waals surface area contributed by atoms with Gasteiger partial charge in [0.05, 0.1) is 19.4 Å². The zero-order valence-corrected chi connectivity index (χ0v) is 26.3. The molecule has 5 nitrogen and oxygen atoms in total. The third-order valence-electron chi connectivity index (χ3n) is 7.63. The van der Waals surface area contributed by atoms with Crippen molar-refractivity contribution < 1.29 is 23.9 Å². The summed E-state index contributed by atoms with van der Waals surface area (Å²) in [6.45, 7) is 14.6. The van der Waals surface area contributed by atoms with Crippen LogP contribution in [0.4, 0.5) is 0 Å². The molecule has 2 aliphatic rings. The van der Waals surface area contributed by atoms with Crippen LogP contribution in [0, 0.1) is 11.3 Å². The molecule has 0 spiro atoms. The summed E-state index contributed by atoms with van der Waals surface area (Å²) >= 11 is 0. The number of hydrogen-bond donors (Lipinski definition) is 0. The van der Waals surface area contributed by atoms with E-state index >= 15 is 0 Å². The molecule has 0 saturated heterocycles. The Kier molecular flexibility index (Phi) is 14.0. The molecule has 1 fully saturated rings. The van der Waals surface area contributed by atoms with Gasteiger partial charge in [-0.25, -0.2) is 0 Å². The lowest BCUT2D eigenvalue weighted by Gasteiger charge is -2.36. The molecule has 5 heteroatoms. The van der Waals surface area contributed by atoms with E-state index in [4.69, 9.17) is 9.47 Å². The summed E-state index contributed by atoms with van der Waals surface area (Å²) in [6.07, 6.45) is 23.6. The highest BCUT2D eigenvalue weighted by Crippen LogP contribution is 2.41. The first kappa shape index (κ1) is 34.0. The Hall–Kier alpha value is -3.21. The summed E-state index contributed by atoms with van der Waals surface area (Å²) in [5.41, 5.74) is 4.65. The van der Waals surface area contributed by atoms with Crippen LogP contribution in [-0.2, 0) is 23.9 Å². The minimum Gasteiger partial charge on any atom is -0.465 e. The van der Waals surface area contributed by atoms with E-state index in [9.17, 15) is 14.4 Å². The quantitative estimate of drug-likeness (QED) is 0.176. The third kappa shape index (κ3) is 12.5. The number of Topliss-reactive ketones (excluding diaryl/α,β-unsaturated/α-hetero) is 1. The molecule has 1 saturated carbocycles. The standard InChI is InChI=1S/C36H50O5/c1-26(2)14-11-12-15-27(3)16-13-17-28(4)20-21-31-29(5)35(39)32(24-36(31,6)7)41-34(38)23-22-33(37)40-25-30-18-9-8-10-19-30/h11-17,20-21,30,32H,8-10,18-19,22-25H2,1-7H3. The fourth-order valence-corrected chi connectivity index (χ4v) is 5.19. The molecule has 0 radical (unpaired) electrons. The van der Waals surface area contributed by atoms with Crippen LogP contribution in [0.1, 0.15) is 99.8 Å². The first-order chi connectivity index (χ1) is 19.4. The van der Waals surface area contributed by atoms with Gasteiger partial charge in [0.1, 0.15) is 0 Å². The lowest BCUT2D eigenvalue weighted by atomic mass is 9.71. The molecule has 0 heterocycles. The van der Waals surface area contributed by atoms with E-state index in [0.29, 0.717) is 24.5 Å². The summed E-state index contributed by atoms with van der Waals surface area (Å²) in [4.78, 5) is 37.7. The van der Waals surface area contributed by atoms with Crippen LogP contribution in [0.3, 0.4) is 0 Å². The largest absolute Gasteiger partial charge is 0.465 e. The lowest BCUT2D eigenvalue weighted by molar-refractivity contribution is -0.158. The van der Waals surface area contributed by atoms with Crippen molar-refractivity contribution in [2.45, 2.75) is 106 Å². The van der Waals surface area contributed by atoms with E-state index in [-0.39, 0.29) is 30.0 Å². The molecule has 0 bridgehead atoms. The van der Waals surface area contributed by atoms with Gasteiger partial charge >= 0.3 is 11.9 Å². The van der Waals surface area contributed by atoms with Gasteiger partial charge in [-0.05, 0) is 69.9 Å². The van der Waals surface area contributed by atoms with Gasteiger partial charge in [0.15, 0.2) is 11.9 Å². The van der Waals surface area contributed by atoms with Gasteiger partial charge in [-0.1, -0.05) is 105 Å². The summed E-state index contributed by atoms with van der Waals surface area (Å²) in [7, 11) is 0. The Morgan fingerprint density at radius 2 is 1.46 bits per heavy atom. The van der Waals surface area contributed by atoms with E-state index in [2.05, 4.69) is 52.8 Å². The van der Waals surface area contributed by atoms with Gasteiger partial charge in [0.25, 0.3) is 0 Å². The average molecular weight is 563 g/mol. The van der Waals surface area contributed by atoms with E-state index in [0.717, 1.165) is 29.6 Å². The fourth-order valence-electron chi connectivity index (χ4n) is 5.19. The summed E-state index contributed by atoms with van der Waals surface area (Å²) < 4.78 is 10.9. The van der Waals surface area contributed by atoms with Crippen LogP contribution in [0.25, 0.3) is 0 Å². The van der Waals surface area contributed by atoms with Crippen molar-refractivity contribution in [2.24, 2.45) is 11.3 Å². The molecule has 41 heavy (non-hydrogen) atoms. The van der Waals surface area contributed by atoms with Gasteiger partial charge in [-0.3, -0.25) is 14.4 Å². The lowest BCUT2D eigenvalue weighted by Crippen LogP contribution is -2.39. The molecule has 2 rings (SSSR count). The molecule has 224 valence electrons. The van der Waals surface area contributed by atoms with Crippen molar-refractivity contribution in [3.63, 3.8) is 0 Å². The van der Waals surface area contributed by atoms with Gasteiger partial charge < -0.3 is 9.47 Å². The van der Waals surface area contributed by atoms with Gasteiger partial charge in [0, 0.05) is 6.42 Å². The smallest absolute Gasteiger partial charge is 0.307 e. The van der Waals surface area contributed by atoms with Crippen molar-refractivity contribution in [2.75, 3.05) is 6.61 Å². The van der Waals surface area contributed by atoms with Crippen LogP contribution in [0.2, 0.25) is 0 Å². The third-order valence-corrected chi connectivity index (χ3v) is 7.63. The van der Waals surface area contributed by atoms with Gasteiger partial charge in [-0.15, -0.1) is 0 Å². The normalized spacial score (nSPS) is 20.8. The molecular weight excluding hydrogens is 512 g/mol. The van der Waals surface area contributed by atoms with E-state index in [1.807, 2.05) is 43.4 Å². The molecule has 1 atom stereocenters. The predicted molar refractivity (Wildman–Crippen MR) is 167 cm³/mol. The molecule has 2 aliphatic carbocycles. The van der Waals surface area contributed by atoms with Gasteiger partial charge in [0.2, 0.25) is 0 Å². The van der Waals surface area contributed by atoms with Gasteiger partial charge in [-0.2, -0.15) is 0 Å². The number of carbonyl (C=O) groups is 3. The molecule has 0 aromatic rings. The summed E-state index contributed by atoms with van der Waals surface area (Å²) in [6, 6.07) is 0. The number of ketones is 1. The van der Waals surface area contributed by atoms with Crippen molar-refractivity contribution in [3.8, 4) is 0 Å². The Morgan fingerprint density at radius 1 is 0.854 bits per heavy atom.